The molecule has 0 saturated heterocycles. The van der Waals surface area contributed by atoms with Crippen molar-refractivity contribution in [2.45, 2.75) is 49.5 Å². The zero-order valence-corrected chi connectivity index (χ0v) is 25.0. The molecule has 0 radical (unpaired) electrons. The largest absolute Gasteiger partial charge is 0.496 e. The molecule has 0 unspecified atom stereocenters. The lowest BCUT2D eigenvalue weighted by atomic mass is 9.96. The van der Waals surface area contributed by atoms with Crippen molar-refractivity contribution in [3.05, 3.63) is 88.6 Å². The Balaban J connectivity index is 1.33. The number of aromatic nitrogens is 1. The van der Waals surface area contributed by atoms with Crippen molar-refractivity contribution in [3.63, 3.8) is 0 Å². The van der Waals surface area contributed by atoms with Crippen molar-refractivity contribution in [3.8, 4) is 5.75 Å². The summed E-state index contributed by atoms with van der Waals surface area (Å²) in [7, 11) is -0.656. The Morgan fingerprint density at radius 2 is 1.79 bits per heavy atom. The van der Waals surface area contributed by atoms with Gasteiger partial charge in [0.25, 0.3) is 15.9 Å². The standard InChI is InChI=1S/C31H33ClN4O5S/c1-36-19-22(27-18-25(13-14-28(27)36)34-31(38)33-24-8-4-3-5-9-24)15-20-11-12-21(16-29(20)41-2)30(37)35-42(39,40)26-10-6-7-23(32)17-26/h6-7,10-14,16-19,24H,3-5,8-9,15H2,1-2H3,(H,35,37)(H2,33,34,38). The van der Waals surface area contributed by atoms with E-state index in [2.05, 4.69) is 15.4 Å². The van der Waals surface area contributed by atoms with Gasteiger partial charge in [-0.25, -0.2) is 17.9 Å². The zero-order valence-electron chi connectivity index (χ0n) is 23.4. The van der Waals surface area contributed by atoms with Crippen LogP contribution in [0.15, 0.2) is 71.8 Å². The Labute approximate surface area is 250 Å². The van der Waals surface area contributed by atoms with Crippen LogP contribution in [0.3, 0.4) is 0 Å². The van der Waals surface area contributed by atoms with Crippen molar-refractivity contribution in [1.29, 1.82) is 0 Å². The van der Waals surface area contributed by atoms with E-state index in [-0.39, 0.29) is 27.6 Å². The second kappa shape index (κ2) is 12.5. The van der Waals surface area contributed by atoms with Crippen LogP contribution >= 0.6 is 11.6 Å². The van der Waals surface area contributed by atoms with Gasteiger partial charge in [-0.2, -0.15) is 0 Å². The summed E-state index contributed by atoms with van der Waals surface area (Å²) >= 11 is 5.92. The summed E-state index contributed by atoms with van der Waals surface area (Å²) in [6, 6.07) is 16.3. The van der Waals surface area contributed by atoms with Gasteiger partial charge in [-0.05, 0) is 72.5 Å². The number of hydrogen-bond donors (Lipinski definition) is 3. The average molecular weight is 609 g/mol. The molecule has 0 aliphatic heterocycles. The van der Waals surface area contributed by atoms with Crippen LogP contribution in [0.1, 0.15) is 53.6 Å². The number of ether oxygens (including phenoxy) is 1. The maximum absolute atomic E-state index is 12.9. The molecule has 0 atom stereocenters. The minimum atomic E-state index is -4.11. The molecule has 9 nitrogen and oxygen atoms in total. The molecule has 1 fully saturated rings. The van der Waals surface area contributed by atoms with E-state index in [1.165, 1.54) is 37.8 Å². The molecule has 1 saturated carbocycles. The molecular formula is C31H33ClN4O5S. The Morgan fingerprint density at radius 3 is 2.52 bits per heavy atom. The van der Waals surface area contributed by atoms with Gasteiger partial charge in [0.1, 0.15) is 5.75 Å². The van der Waals surface area contributed by atoms with Crippen LogP contribution < -0.4 is 20.1 Å². The molecule has 1 heterocycles. The molecule has 3 N–H and O–H groups in total. The maximum atomic E-state index is 12.9. The van der Waals surface area contributed by atoms with Gasteiger partial charge in [-0.1, -0.05) is 43.0 Å². The molecule has 4 aromatic rings. The minimum Gasteiger partial charge on any atom is -0.496 e. The summed E-state index contributed by atoms with van der Waals surface area (Å²) in [5, 5.41) is 7.28. The highest BCUT2D eigenvalue weighted by Crippen LogP contribution is 2.30. The van der Waals surface area contributed by atoms with Crippen molar-refractivity contribution in [1.82, 2.24) is 14.6 Å². The van der Waals surface area contributed by atoms with Gasteiger partial charge in [-0.3, -0.25) is 4.79 Å². The molecule has 3 aromatic carbocycles. The fourth-order valence-electron chi connectivity index (χ4n) is 5.40. The monoisotopic (exact) mass is 608 g/mol. The highest BCUT2D eigenvalue weighted by Gasteiger charge is 2.21. The summed E-state index contributed by atoms with van der Waals surface area (Å²) in [5.41, 5.74) is 3.65. The molecule has 3 amide bonds. The SMILES string of the molecule is COc1cc(C(=O)NS(=O)(=O)c2cccc(Cl)c2)ccc1Cc1cn(C)c2ccc(NC(=O)NC3CCCCC3)cc12. The number of amides is 3. The highest BCUT2D eigenvalue weighted by molar-refractivity contribution is 7.90. The second-order valence-corrected chi connectivity index (χ2v) is 12.6. The summed E-state index contributed by atoms with van der Waals surface area (Å²) in [6.45, 7) is 0. The molecule has 1 aliphatic rings. The fraction of sp³-hybridized carbons (Fsp3) is 0.290. The number of rotatable bonds is 8. The van der Waals surface area contributed by atoms with Crippen LogP contribution in [-0.2, 0) is 23.5 Å². The van der Waals surface area contributed by atoms with E-state index in [0.29, 0.717) is 17.9 Å². The van der Waals surface area contributed by atoms with Crippen LogP contribution in [0.4, 0.5) is 10.5 Å². The first-order valence-electron chi connectivity index (χ1n) is 13.8. The van der Waals surface area contributed by atoms with Crippen molar-refractivity contribution in [2.75, 3.05) is 12.4 Å². The Morgan fingerprint density at radius 1 is 1.00 bits per heavy atom. The number of carbonyl (C=O) groups excluding carboxylic acids is 2. The predicted molar refractivity (Wildman–Crippen MR) is 164 cm³/mol. The lowest BCUT2D eigenvalue weighted by molar-refractivity contribution is 0.0981. The van der Waals surface area contributed by atoms with E-state index in [9.17, 15) is 18.0 Å². The smallest absolute Gasteiger partial charge is 0.319 e. The lowest BCUT2D eigenvalue weighted by Crippen LogP contribution is -2.38. The molecule has 1 aliphatic carbocycles. The van der Waals surface area contributed by atoms with Gasteiger partial charge in [0.05, 0.1) is 12.0 Å². The molecule has 0 bridgehead atoms. The lowest BCUT2D eigenvalue weighted by Gasteiger charge is -2.22. The number of nitrogens with one attached hydrogen (secondary N) is 3. The summed E-state index contributed by atoms with van der Waals surface area (Å²) in [6.07, 6.45) is 8.03. The number of urea groups is 1. The number of methoxy groups -OCH3 is 1. The molecule has 42 heavy (non-hydrogen) atoms. The Bertz CT molecular complexity index is 1750. The molecule has 220 valence electrons. The zero-order chi connectivity index (χ0) is 29.9. The van der Waals surface area contributed by atoms with Crippen LogP contribution in [0, 0.1) is 0 Å². The van der Waals surface area contributed by atoms with Crippen molar-refractivity contribution in [2.24, 2.45) is 7.05 Å². The number of carbonyl (C=O) groups is 2. The summed E-state index contributed by atoms with van der Waals surface area (Å²) in [4.78, 5) is 25.4. The molecule has 0 spiro atoms. The quantitative estimate of drug-likeness (QED) is 0.227. The van der Waals surface area contributed by atoms with Gasteiger partial charge in [0, 0.05) is 52.9 Å². The normalized spacial score (nSPS) is 14.0. The van der Waals surface area contributed by atoms with E-state index < -0.39 is 15.9 Å². The number of sulfonamides is 1. The van der Waals surface area contributed by atoms with Gasteiger partial charge in [-0.15, -0.1) is 0 Å². The molecular weight excluding hydrogens is 576 g/mol. The van der Waals surface area contributed by atoms with Crippen molar-refractivity contribution >= 4 is 50.2 Å². The summed E-state index contributed by atoms with van der Waals surface area (Å²) in [5.74, 6) is -0.340. The second-order valence-electron chi connectivity index (χ2n) is 10.5. The van der Waals surface area contributed by atoms with Gasteiger partial charge in [0.15, 0.2) is 0 Å². The van der Waals surface area contributed by atoms with Crippen molar-refractivity contribution < 1.29 is 22.7 Å². The predicted octanol–water partition coefficient (Wildman–Crippen LogP) is 6.00. The fourth-order valence-corrected chi connectivity index (χ4v) is 6.68. The third-order valence-corrected chi connectivity index (χ3v) is 9.10. The minimum absolute atomic E-state index is 0.108. The molecule has 5 rings (SSSR count). The number of anilines is 1. The molecule has 1 aromatic heterocycles. The first kappa shape index (κ1) is 29.5. The molecule has 11 heteroatoms. The van der Waals surface area contributed by atoms with E-state index in [1.54, 1.807) is 18.2 Å². The number of nitrogens with zero attached hydrogens (tertiary/aromatic N) is 1. The highest BCUT2D eigenvalue weighted by atomic mass is 35.5. The topological polar surface area (TPSA) is 119 Å². The van der Waals surface area contributed by atoms with Gasteiger partial charge < -0.3 is 19.9 Å². The van der Waals surface area contributed by atoms with Crippen LogP contribution in [0.5, 0.6) is 5.75 Å². The number of hydrogen-bond acceptors (Lipinski definition) is 5. The number of aryl methyl sites for hydroxylation is 1. The maximum Gasteiger partial charge on any atom is 0.319 e. The van der Waals surface area contributed by atoms with Crippen LogP contribution in [0.2, 0.25) is 5.02 Å². The number of benzene rings is 3. The third-order valence-electron chi connectivity index (χ3n) is 7.53. The van der Waals surface area contributed by atoms with E-state index in [0.717, 1.165) is 47.7 Å². The Hall–Kier alpha value is -4.02. The average Bonchev–Trinajstić information content (AvgIpc) is 3.27. The summed E-state index contributed by atoms with van der Waals surface area (Å²) < 4.78 is 35.1. The first-order chi connectivity index (χ1) is 20.1. The van der Waals surface area contributed by atoms with Gasteiger partial charge >= 0.3 is 6.03 Å². The van der Waals surface area contributed by atoms with E-state index >= 15 is 0 Å². The van der Waals surface area contributed by atoms with E-state index in [4.69, 9.17) is 16.3 Å². The number of fused-ring (bicyclic) bond motifs is 1. The van der Waals surface area contributed by atoms with Crippen LogP contribution in [-0.4, -0.2) is 38.1 Å². The third kappa shape index (κ3) is 6.71. The van der Waals surface area contributed by atoms with Gasteiger partial charge in [0.2, 0.25) is 0 Å². The Kier molecular flexibility index (Phi) is 8.74. The first-order valence-corrected chi connectivity index (χ1v) is 15.6. The van der Waals surface area contributed by atoms with Crippen LogP contribution in [0.25, 0.3) is 10.9 Å². The van der Waals surface area contributed by atoms with E-state index in [1.807, 2.05) is 36.0 Å². The number of halogens is 1.